The first kappa shape index (κ1) is 14.9. The molecule has 0 bridgehead atoms. The van der Waals surface area contributed by atoms with E-state index >= 15 is 0 Å². The molecule has 2 aromatic heterocycles. The van der Waals surface area contributed by atoms with Gasteiger partial charge in [-0.25, -0.2) is 4.98 Å². The van der Waals surface area contributed by atoms with E-state index in [-0.39, 0.29) is 0 Å². The molecule has 1 saturated carbocycles. The van der Waals surface area contributed by atoms with Gasteiger partial charge in [0.1, 0.15) is 18.1 Å². The number of benzene rings is 1. The molecule has 0 unspecified atom stereocenters. The van der Waals surface area contributed by atoms with Crippen LogP contribution in [0.15, 0.2) is 34.9 Å². The van der Waals surface area contributed by atoms with Gasteiger partial charge in [-0.3, -0.25) is 9.36 Å². The molecule has 0 saturated heterocycles. The third-order valence-corrected chi connectivity index (χ3v) is 4.78. The zero-order valence-electron chi connectivity index (χ0n) is 12.6. The Morgan fingerprint density at radius 3 is 2.65 bits per heavy atom. The molecule has 1 aromatic carbocycles. The lowest BCUT2D eigenvalue weighted by molar-refractivity contribution is 0.608. The van der Waals surface area contributed by atoms with E-state index in [1.165, 1.54) is 12.8 Å². The summed E-state index contributed by atoms with van der Waals surface area (Å²) in [4.78, 5) is 4.65. The maximum Gasteiger partial charge on any atom is 0.154 e. The molecule has 1 aliphatic rings. The van der Waals surface area contributed by atoms with Crippen LogP contribution in [0.3, 0.4) is 0 Å². The van der Waals surface area contributed by atoms with Crippen molar-refractivity contribution in [2.24, 2.45) is 7.05 Å². The summed E-state index contributed by atoms with van der Waals surface area (Å²) in [5, 5.41) is 9.88. The van der Waals surface area contributed by atoms with Crippen molar-refractivity contribution < 1.29 is 0 Å². The summed E-state index contributed by atoms with van der Waals surface area (Å²) in [6.45, 7) is 0.600. The van der Waals surface area contributed by atoms with Crippen molar-refractivity contribution in [2.75, 3.05) is 0 Å². The average Bonchev–Trinajstić information content (AvgIpc) is 3.23. The number of hydrogen-bond donors (Lipinski definition) is 0. The van der Waals surface area contributed by atoms with E-state index in [4.69, 9.17) is 11.6 Å². The maximum atomic E-state index is 5.95. The lowest BCUT2D eigenvalue weighted by Crippen LogP contribution is -2.07. The van der Waals surface area contributed by atoms with Gasteiger partial charge in [-0.1, -0.05) is 23.7 Å². The van der Waals surface area contributed by atoms with Crippen LogP contribution in [0.2, 0.25) is 5.02 Å². The third-order valence-electron chi connectivity index (χ3n) is 3.95. The molecule has 23 heavy (non-hydrogen) atoms. The Morgan fingerprint density at radius 2 is 1.96 bits per heavy atom. The van der Waals surface area contributed by atoms with Gasteiger partial charge in [0.2, 0.25) is 0 Å². The predicted octanol–water partition coefficient (Wildman–Crippen LogP) is 4.02. The number of aryl methyl sites for hydroxylation is 1. The summed E-state index contributed by atoms with van der Waals surface area (Å²) in [5.74, 6) is 2.44. The fraction of sp³-hybridized carbons (Fsp3) is 0.312. The molecule has 1 fully saturated rings. The minimum atomic E-state index is 0.559. The quantitative estimate of drug-likeness (QED) is 0.674. The van der Waals surface area contributed by atoms with Gasteiger partial charge in [0.05, 0.1) is 4.47 Å². The first-order valence-corrected chi connectivity index (χ1v) is 8.66. The molecule has 0 radical (unpaired) electrons. The van der Waals surface area contributed by atoms with E-state index < -0.39 is 0 Å². The van der Waals surface area contributed by atoms with Crippen LogP contribution < -0.4 is 0 Å². The normalized spacial score (nSPS) is 14.4. The van der Waals surface area contributed by atoms with Crippen LogP contribution in [0.25, 0.3) is 11.3 Å². The van der Waals surface area contributed by atoms with E-state index in [1.807, 2.05) is 46.9 Å². The number of nitrogens with zero attached hydrogens (tertiary/aromatic N) is 5. The summed E-state index contributed by atoms with van der Waals surface area (Å²) in [6, 6.07) is 7.67. The third kappa shape index (κ3) is 3.05. The zero-order valence-corrected chi connectivity index (χ0v) is 14.9. The highest BCUT2D eigenvalue weighted by Crippen LogP contribution is 2.38. The molecule has 4 rings (SSSR count). The predicted molar refractivity (Wildman–Crippen MR) is 92.5 cm³/mol. The highest BCUT2D eigenvalue weighted by atomic mass is 79.9. The first-order valence-electron chi connectivity index (χ1n) is 7.49. The lowest BCUT2D eigenvalue weighted by atomic mass is 10.2. The maximum absolute atomic E-state index is 5.95. The molecule has 0 aliphatic heterocycles. The van der Waals surface area contributed by atoms with Crippen molar-refractivity contribution in [2.45, 2.75) is 25.3 Å². The molecule has 3 aromatic rings. The Balaban J connectivity index is 1.60. The van der Waals surface area contributed by atoms with Crippen molar-refractivity contribution in [1.82, 2.24) is 24.5 Å². The number of hydrogen-bond acceptors (Lipinski definition) is 3. The van der Waals surface area contributed by atoms with Crippen molar-refractivity contribution in [3.05, 3.63) is 51.6 Å². The van der Waals surface area contributed by atoms with Crippen LogP contribution in [-0.4, -0.2) is 24.5 Å². The van der Waals surface area contributed by atoms with E-state index in [2.05, 4.69) is 31.1 Å². The molecule has 7 heteroatoms. The van der Waals surface area contributed by atoms with Gasteiger partial charge >= 0.3 is 0 Å². The van der Waals surface area contributed by atoms with E-state index in [0.29, 0.717) is 12.5 Å². The Labute approximate surface area is 147 Å². The van der Waals surface area contributed by atoms with E-state index in [1.54, 1.807) is 0 Å². The van der Waals surface area contributed by atoms with Gasteiger partial charge in [0, 0.05) is 29.7 Å². The first-order chi connectivity index (χ1) is 11.1. The Morgan fingerprint density at radius 1 is 1.22 bits per heavy atom. The fourth-order valence-electron chi connectivity index (χ4n) is 2.52. The molecule has 0 amide bonds. The Hall–Kier alpha value is -1.66. The smallest absolute Gasteiger partial charge is 0.154 e. The number of halogens is 2. The minimum Gasteiger partial charge on any atom is -0.263 e. The summed E-state index contributed by atoms with van der Waals surface area (Å²) in [5.41, 5.74) is 1.92. The highest BCUT2D eigenvalue weighted by Gasteiger charge is 2.28. The van der Waals surface area contributed by atoms with E-state index in [0.717, 1.165) is 32.4 Å². The van der Waals surface area contributed by atoms with Gasteiger partial charge in [-0.2, -0.15) is 10.2 Å². The van der Waals surface area contributed by atoms with Crippen LogP contribution in [0.1, 0.15) is 30.4 Å². The summed E-state index contributed by atoms with van der Waals surface area (Å²) in [6.07, 6.45) is 4.38. The molecule has 5 nitrogen and oxygen atoms in total. The summed E-state index contributed by atoms with van der Waals surface area (Å²) in [7, 11) is 1.94. The fourth-order valence-corrected chi connectivity index (χ4v) is 3.19. The largest absolute Gasteiger partial charge is 0.263 e. The molecular weight excluding hydrogens is 378 g/mol. The van der Waals surface area contributed by atoms with Gasteiger partial charge in [-0.05, 0) is 40.9 Å². The molecule has 0 atom stereocenters. The van der Waals surface area contributed by atoms with Gasteiger partial charge in [0.15, 0.2) is 5.82 Å². The number of rotatable bonds is 4. The molecule has 118 valence electrons. The Bertz CT molecular complexity index is 848. The molecule has 0 spiro atoms. The van der Waals surface area contributed by atoms with Crippen molar-refractivity contribution >= 4 is 27.5 Å². The molecular formula is C16H15BrClN5. The van der Waals surface area contributed by atoms with E-state index in [9.17, 15) is 0 Å². The second kappa shape index (κ2) is 5.76. The standard InChI is InChI=1S/C16H15BrClN5/c1-22-14(19-16(21-22)11-2-3-11)9-23-8-13(17)15(20-23)10-4-6-12(18)7-5-10/h4-8,11H,2-3,9H2,1H3. The topological polar surface area (TPSA) is 48.5 Å². The van der Waals surface area contributed by atoms with Gasteiger partial charge < -0.3 is 0 Å². The average molecular weight is 393 g/mol. The van der Waals surface area contributed by atoms with Crippen molar-refractivity contribution in [1.29, 1.82) is 0 Å². The van der Waals surface area contributed by atoms with Gasteiger partial charge in [0.25, 0.3) is 0 Å². The Kier molecular flexibility index (Phi) is 3.73. The van der Waals surface area contributed by atoms with Crippen molar-refractivity contribution in [3.63, 3.8) is 0 Å². The monoisotopic (exact) mass is 391 g/mol. The van der Waals surface area contributed by atoms with Crippen LogP contribution in [-0.2, 0) is 13.6 Å². The molecule has 0 N–H and O–H groups in total. The van der Waals surface area contributed by atoms with Crippen molar-refractivity contribution in [3.8, 4) is 11.3 Å². The minimum absolute atomic E-state index is 0.559. The molecule has 1 aliphatic carbocycles. The second-order valence-corrected chi connectivity index (χ2v) is 7.10. The molecule has 2 heterocycles. The summed E-state index contributed by atoms with van der Waals surface area (Å²) >= 11 is 9.53. The lowest BCUT2D eigenvalue weighted by Gasteiger charge is -2.01. The number of aromatic nitrogens is 5. The van der Waals surface area contributed by atoms with Gasteiger partial charge in [-0.15, -0.1) is 0 Å². The summed E-state index contributed by atoms with van der Waals surface area (Å²) < 4.78 is 4.68. The highest BCUT2D eigenvalue weighted by molar-refractivity contribution is 9.10. The second-order valence-electron chi connectivity index (χ2n) is 5.81. The van der Waals surface area contributed by atoms with Crippen LogP contribution in [0.5, 0.6) is 0 Å². The zero-order chi connectivity index (χ0) is 16.0. The van der Waals surface area contributed by atoms with Crippen LogP contribution in [0, 0.1) is 0 Å². The van der Waals surface area contributed by atoms with Crippen LogP contribution in [0.4, 0.5) is 0 Å². The van der Waals surface area contributed by atoms with Crippen LogP contribution >= 0.6 is 27.5 Å². The SMILES string of the molecule is Cn1nc(C2CC2)nc1Cn1cc(Br)c(-c2ccc(Cl)cc2)n1.